The van der Waals surface area contributed by atoms with Crippen LogP contribution < -0.4 is 9.80 Å². The van der Waals surface area contributed by atoms with Crippen molar-refractivity contribution in [2.45, 2.75) is 26.4 Å². The van der Waals surface area contributed by atoms with Crippen LogP contribution in [0.3, 0.4) is 0 Å². The van der Waals surface area contributed by atoms with E-state index >= 15 is 0 Å². The van der Waals surface area contributed by atoms with Crippen molar-refractivity contribution in [2.75, 3.05) is 76.4 Å². The van der Waals surface area contributed by atoms with Crippen LogP contribution in [0.5, 0.6) is 0 Å². The number of amides is 2. The molecule has 0 bridgehead atoms. The Morgan fingerprint density at radius 2 is 1.21 bits per heavy atom. The van der Waals surface area contributed by atoms with Gasteiger partial charge in [-0.3, -0.25) is 4.79 Å². The molecule has 256 valence electrons. The van der Waals surface area contributed by atoms with Crippen LogP contribution >= 0.6 is 15.9 Å². The predicted octanol–water partition coefficient (Wildman–Crippen LogP) is 4.66. The van der Waals surface area contributed by atoms with Gasteiger partial charge in [0, 0.05) is 73.8 Å². The van der Waals surface area contributed by atoms with Crippen molar-refractivity contribution in [2.24, 2.45) is 0 Å². The zero-order valence-electron chi connectivity index (χ0n) is 26.7. The molecule has 4 rings (SSSR count). The van der Waals surface area contributed by atoms with Gasteiger partial charge in [-0.1, -0.05) is 0 Å². The quantitative estimate of drug-likeness (QED) is 0.261. The molecule has 0 spiro atoms. The summed E-state index contributed by atoms with van der Waals surface area (Å²) in [5, 5.41) is 8.90. The number of carbonyl (C=O) groups is 5. The van der Waals surface area contributed by atoms with Gasteiger partial charge in [0.1, 0.15) is 28.4 Å². The zero-order valence-corrected chi connectivity index (χ0v) is 28.3. The molecule has 13 nitrogen and oxygen atoms in total. The normalized spacial score (nSPS) is 14.9. The predicted molar refractivity (Wildman–Crippen MR) is 170 cm³/mol. The van der Waals surface area contributed by atoms with E-state index in [1.54, 1.807) is 31.7 Å². The van der Waals surface area contributed by atoms with E-state index in [-0.39, 0.29) is 16.7 Å². The maximum Gasteiger partial charge on any atom is 0.410 e. The first-order chi connectivity index (χ1) is 22.1. The fourth-order valence-corrected chi connectivity index (χ4v) is 5.46. The van der Waals surface area contributed by atoms with Crippen molar-refractivity contribution >= 4 is 57.7 Å². The molecule has 2 fully saturated rings. The number of carboxylic acid groups (broad SMARTS) is 1. The monoisotopic (exact) mass is 726 g/mol. The van der Waals surface area contributed by atoms with Gasteiger partial charge in [0.2, 0.25) is 0 Å². The molecule has 0 saturated carbocycles. The molecular weight excluding hydrogens is 690 g/mol. The van der Waals surface area contributed by atoms with Crippen LogP contribution in [0.2, 0.25) is 0 Å². The molecule has 1 N–H and O–H groups in total. The number of esters is 2. The molecule has 0 radical (unpaired) electrons. The maximum absolute atomic E-state index is 14.3. The van der Waals surface area contributed by atoms with Crippen LogP contribution in [0.25, 0.3) is 0 Å². The third-order valence-corrected chi connectivity index (χ3v) is 7.88. The first-order valence-corrected chi connectivity index (χ1v) is 15.3. The lowest BCUT2D eigenvalue weighted by Crippen LogP contribution is -2.50. The lowest BCUT2D eigenvalue weighted by atomic mass is 10.1. The van der Waals surface area contributed by atoms with Crippen molar-refractivity contribution in [1.82, 2.24) is 9.80 Å². The Balaban J connectivity index is 0.000000261. The summed E-state index contributed by atoms with van der Waals surface area (Å²) in [5.74, 6) is -3.13. The molecule has 2 saturated heterocycles. The Labute approximate surface area is 279 Å². The summed E-state index contributed by atoms with van der Waals surface area (Å²) < 4.78 is 43.1. The number of aldehydes is 1. The van der Waals surface area contributed by atoms with E-state index in [0.717, 1.165) is 7.11 Å². The number of carbonyl (C=O) groups excluding carboxylic acids is 4. The Bertz CT molecular complexity index is 1480. The highest BCUT2D eigenvalue weighted by molar-refractivity contribution is 9.10. The van der Waals surface area contributed by atoms with E-state index in [9.17, 15) is 32.8 Å². The highest BCUT2D eigenvalue weighted by Crippen LogP contribution is 2.29. The number of ether oxygens (including phenoxy) is 3. The second kappa shape index (κ2) is 15.9. The van der Waals surface area contributed by atoms with Crippen LogP contribution in [-0.4, -0.2) is 117 Å². The number of nitrogens with zero attached hydrogens (tertiary/aromatic N) is 4. The number of rotatable bonds is 5. The maximum atomic E-state index is 14.3. The average Bonchev–Trinajstić information content (AvgIpc) is 3.03. The average molecular weight is 728 g/mol. The second-order valence-corrected chi connectivity index (χ2v) is 12.3. The Hall–Kier alpha value is -4.47. The highest BCUT2D eigenvalue weighted by atomic mass is 79.9. The van der Waals surface area contributed by atoms with Gasteiger partial charge in [-0.05, 0) is 61.0 Å². The van der Waals surface area contributed by atoms with E-state index in [1.165, 1.54) is 30.2 Å². The van der Waals surface area contributed by atoms with Gasteiger partial charge in [0.05, 0.1) is 14.2 Å². The van der Waals surface area contributed by atoms with E-state index in [2.05, 4.69) is 25.4 Å². The number of methoxy groups -OCH3 is 2. The van der Waals surface area contributed by atoms with Gasteiger partial charge in [-0.2, -0.15) is 0 Å². The number of hydrogen-bond donors (Lipinski definition) is 1. The molecule has 2 aliphatic heterocycles. The molecule has 0 aromatic heterocycles. The lowest BCUT2D eigenvalue weighted by Gasteiger charge is -2.36. The summed E-state index contributed by atoms with van der Waals surface area (Å²) in [6, 6.07) is 5.53. The van der Waals surface area contributed by atoms with Crippen molar-refractivity contribution in [3.8, 4) is 0 Å². The molecule has 2 amide bonds. The van der Waals surface area contributed by atoms with Gasteiger partial charge in [-0.15, -0.1) is 0 Å². The lowest BCUT2D eigenvalue weighted by molar-refractivity contribution is 0.0240. The SMILES string of the molecule is COC(=O)c1c(F)cc(N2CCN(C(=O)O)CC2)cc1Br.COC(=O)c1c(F)cc(N2CCN(C(=O)OC(C)(C)C)CC2)cc1C=O. The zero-order chi connectivity index (χ0) is 35.1. The van der Waals surface area contributed by atoms with Crippen LogP contribution in [0.15, 0.2) is 28.7 Å². The topological polar surface area (TPSA) is 146 Å². The van der Waals surface area contributed by atoms with Crippen molar-refractivity contribution in [1.29, 1.82) is 0 Å². The molecule has 0 unspecified atom stereocenters. The van der Waals surface area contributed by atoms with E-state index in [4.69, 9.17) is 9.84 Å². The number of hydrogen-bond acceptors (Lipinski definition) is 10. The van der Waals surface area contributed by atoms with E-state index < -0.39 is 41.4 Å². The Morgan fingerprint density at radius 1 is 0.766 bits per heavy atom. The first kappa shape index (κ1) is 37.0. The molecule has 0 atom stereocenters. The van der Waals surface area contributed by atoms with E-state index in [1.807, 2.05) is 9.80 Å². The molecular formula is C31H37BrF2N4O9. The molecule has 2 aromatic rings. The number of benzene rings is 2. The van der Waals surface area contributed by atoms with Gasteiger partial charge < -0.3 is 38.9 Å². The molecule has 2 aliphatic rings. The number of halogens is 3. The fraction of sp³-hybridized carbons (Fsp3) is 0.452. The highest BCUT2D eigenvalue weighted by Gasteiger charge is 2.28. The number of anilines is 2. The van der Waals surface area contributed by atoms with Crippen LogP contribution in [0.4, 0.5) is 29.7 Å². The molecule has 16 heteroatoms. The second-order valence-electron chi connectivity index (χ2n) is 11.5. The number of piperazine rings is 2. The smallest absolute Gasteiger partial charge is 0.410 e. The molecule has 47 heavy (non-hydrogen) atoms. The van der Waals surface area contributed by atoms with Crippen LogP contribution in [-0.2, 0) is 14.2 Å². The standard InChI is InChI=1S/C18H23FN2O5.C13H14BrFN2O4/c1-18(2,3)26-17(24)21-7-5-20(6-8-21)13-9-12(11-22)15(14(19)10-13)16(23)25-4;1-21-12(18)11-9(14)6-8(7-10(11)15)16-2-4-17(5-3-16)13(19)20/h9-11H,5-8H2,1-4H3;6-7H,2-5H2,1H3,(H,19,20). The van der Waals surface area contributed by atoms with Gasteiger partial charge in [0.15, 0.2) is 6.29 Å². The summed E-state index contributed by atoms with van der Waals surface area (Å²) in [6.07, 6.45) is -0.920. The van der Waals surface area contributed by atoms with Crippen molar-refractivity contribution in [3.63, 3.8) is 0 Å². The van der Waals surface area contributed by atoms with E-state index in [0.29, 0.717) is 74.5 Å². The third kappa shape index (κ3) is 9.53. The Kier molecular flexibility index (Phi) is 12.5. The van der Waals surface area contributed by atoms with Crippen LogP contribution in [0.1, 0.15) is 51.8 Å². The summed E-state index contributed by atoms with van der Waals surface area (Å²) >= 11 is 3.17. The van der Waals surface area contributed by atoms with Crippen molar-refractivity contribution in [3.05, 3.63) is 57.1 Å². The summed E-state index contributed by atoms with van der Waals surface area (Å²) in [4.78, 5) is 63.9. The minimum absolute atomic E-state index is 0.0681. The van der Waals surface area contributed by atoms with Gasteiger partial charge in [0.25, 0.3) is 0 Å². The molecule has 2 aromatic carbocycles. The van der Waals surface area contributed by atoms with Crippen molar-refractivity contribution < 1.29 is 52.1 Å². The summed E-state index contributed by atoms with van der Waals surface area (Å²) in [7, 11) is 2.31. The van der Waals surface area contributed by atoms with Gasteiger partial charge in [-0.25, -0.2) is 28.0 Å². The summed E-state index contributed by atoms with van der Waals surface area (Å²) in [6.45, 7) is 8.77. The largest absolute Gasteiger partial charge is 0.465 e. The Morgan fingerprint density at radius 3 is 1.64 bits per heavy atom. The summed E-state index contributed by atoms with van der Waals surface area (Å²) in [5.41, 5.74) is -0.0939. The minimum atomic E-state index is -0.956. The minimum Gasteiger partial charge on any atom is -0.465 e. The van der Waals surface area contributed by atoms with Crippen LogP contribution in [0, 0.1) is 11.6 Å². The third-order valence-electron chi connectivity index (χ3n) is 7.25. The molecule has 0 aliphatic carbocycles. The van der Waals surface area contributed by atoms with Gasteiger partial charge >= 0.3 is 24.1 Å². The molecule has 2 heterocycles. The first-order valence-electron chi connectivity index (χ1n) is 14.5. The fourth-order valence-electron chi connectivity index (χ4n) is 4.88.